The lowest BCUT2D eigenvalue weighted by atomic mass is 10.1. The van der Waals surface area contributed by atoms with Gasteiger partial charge in [0.25, 0.3) is 5.91 Å². The maximum Gasteiger partial charge on any atom is 0.281 e. The van der Waals surface area contributed by atoms with E-state index in [1.807, 2.05) is 18.2 Å². The summed E-state index contributed by atoms with van der Waals surface area (Å²) in [5.41, 5.74) is 0.875. The number of halogens is 2. The number of rotatable bonds is 5. The predicted molar refractivity (Wildman–Crippen MR) is 96.4 cm³/mol. The molecule has 0 bridgehead atoms. The van der Waals surface area contributed by atoms with Crippen molar-refractivity contribution in [3.05, 3.63) is 44.9 Å². The number of nitrogens with zero attached hydrogens (tertiary/aromatic N) is 1. The van der Waals surface area contributed by atoms with Crippen LogP contribution in [0.15, 0.2) is 24.4 Å². The van der Waals surface area contributed by atoms with E-state index in [9.17, 15) is 4.79 Å². The smallest absolute Gasteiger partial charge is 0.281 e. The molecule has 2 aromatic rings. The van der Waals surface area contributed by atoms with Crippen molar-refractivity contribution in [1.82, 2.24) is 4.98 Å². The molecule has 3 rings (SSSR count). The zero-order chi connectivity index (χ0) is 16.9. The number of morpholine rings is 1. The van der Waals surface area contributed by atoms with Crippen LogP contribution in [0.5, 0.6) is 0 Å². The van der Waals surface area contributed by atoms with Gasteiger partial charge >= 0.3 is 0 Å². The normalized spacial score (nSPS) is 15.4. The van der Waals surface area contributed by atoms with Crippen molar-refractivity contribution in [2.45, 2.75) is 6.42 Å². The Kier molecular flexibility index (Phi) is 6.08. The highest BCUT2D eigenvalue weighted by Crippen LogP contribution is 2.29. The first-order valence-electron chi connectivity index (χ1n) is 7.70. The monoisotopic (exact) mass is 386 g/mol. The Labute approximate surface area is 154 Å². The van der Waals surface area contributed by atoms with Gasteiger partial charge in [-0.15, -0.1) is 11.3 Å². The van der Waals surface area contributed by atoms with Gasteiger partial charge in [0.1, 0.15) is 13.1 Å². The summed E-state index contributed by atoms with van der Waals surface area (Å²) in [7, 11) is 0. The molecular weight excluding hydrogens is 369 g/mol. The Morgan fingerprint density at radius 1 is 1.29 bits per heavy atom. The molecule has 0 radical (unpaired) electrons. The largest absolute Gasteiger partial charge is 0.370 e. The number of ether oxygens (including phenoxy) is 1. The number of nitrogens with one attached hydrogen (secondary N) is 2. The molecule has 0 spiro atoms. The minimum Gasteiger partial charge on any atom is -0.370 e. The van der Waals surface area contributed by atoms with Crippen LogP contribution in [0, 0.1) is 0 Å². The summed E-state index contributed by atoms with van der Waals surface area (Å²) in [5, 5.41) is 4.74. The van der Waals surface area contributed by atoms with Gasteiger partial charge in [-0.1, -0.05) is 29.3 Å². The second-order valence-electron chi connectivity index (χ2n) is 5.60. The number of anilines is 1. The third-order valence-electron chi connectivity index (χ3n) is 3.82. The van der Waals surface area contributed by atoms with Gasteiger partial charge in [0.2, 0.25) is 0 Å². The van der Waals surface area contributed by atoms with Crippen LogP contribution < -0.4 is 10.2 Å². The van der Waals surface area contributed by atoms with E-state index in [0.717, 1.165) is 23.5 Å². The van der Waals surface area contributed by atoms with Crippen LogP contribution in [0.4, 0.5) is 5.13 Å². The van der Waals surface area contributed by atoms with Gasteiger partial charge in [-0.05, 0) is 17.7 Å². The molecular formula is C16H18Cl2N3O2S+. The van der Waals surface area contributed by atoms with Crippen LogP contribution in [-0.2, 0) is 16.0 Å². The number of hydrogen-bond acceptors (Lipinski definition) is 4. The average molecular weight is 387 g/mol. The van der Waals surface area contributed by atoms with Crippen molar-refractivity contribution in [3.63, 3.8) is 0 Å². The number of aromatic nitrogens is 1. The summed E-state index contributed by atoms with van der Waals surface area (Å²) in [6.07, 6.45) is 2.35. The molecule has 128 valence electrons. The third-order valence-corrected chi connectivity index (χ3v) is 5.44. The Hall–Kier alpha value is -1.18. The third kappa shape index (κ3) is 4.68. The molecule has 0 aliphatic carbocycles. The molecule has 5 nitrogen and oxygen atoms in total. The summed E-state index contributed by atoms with van der Waals surface area (Å²) in [5.74, 6) is -0.0245. The predicted octanol–water partition coefficient (Wildman–Crippen LogP) is 1.89. The maximum absolute atomic E-state index is 12.1. The first-order chi connectivity index (χ1) is 11.6. The fourth-order valence-corrected chi connectivity index (χ4v) is 3.92. The van der Waals surface area contributed by atoms with Crippen molar-refractivity contribution in [3.8, 4) is 0 Å². The molecule has 0 saturated carbocycles. The van der Waals surface area contributed by atoms with Gasteiger partial charge in [0.15, 0.2) is 11.7 Å². The molecule has 1 aliphatic rings. The summed E-state index contributed by atoms with van der Waals surface area (Å²) < 4.78 is 5.29. The molecule has 1 aromatic heterocycles. The van der Waals surface area contributed by atoms with E-state index in [2.05, 4.69) is 10.3 Å². The lowest BCUT2D eigenvalue weighted by molar-refractivity contribution is -0.899. The molecule has 1 fully saturated rings. The Balaban J connectivity index is 1.58. The van der Waals surface area contributed by atoms with Crippen LogP contribution >= 0.6 is 34.5 Å². The summed E-state index contributed by atoms with van der Waals surface area (Å²) in [6.45, 7) is 3.59. The van der Waals surface area contributed by atoms with Crippen LogP contribution in [0.25, 0.3) is 0 Å². The molecule has 2 N–H and O–H groups in total. The first kappa shape index (κ1) is 17.6. The van der Waals surface area contributed by atoms with E-state index in [0.29, 0.717) is 41.4 Å². The maximum atomic E-state index is 12.1. The number of thiazole rings is 1. The quantitative estimate of drug-likeness (QED) is 0.824. The van der Waals surface area contributed by atoms with Crippen LogP contribution in [0.1, 0.15) is 10.4 Å². The van der Waals surface area contributed by atoms with Crippen LogP contribution in [-0.4, -0.2) is 43.7 Å². The molecule has 1 amide bonds. The van der Waals surface area contributed by atoms with Gasteiger partial charge in [-0.2, -0.15) is 0 Å². The van der Waals surface area contributed by atoms with Crippen molar-refractivity contribution in [1.29, 1.82) is 0 Å². The lowest BCUT2D eigenvalue weighted by Gasteiger charge is -2.22. The van der Waals surface area contributed by atoms with E-state index < -0.39 is 0 Å². The number of benzene rings is 1. The second kappa shape index (κ2) is 8.27. The highest BCUT2D eigenvalue weighted by Gasteiger charge is 2.18. The van der Waals surface area contributed by atoms with E-state index in [1.165, 1.54) is 16.2 Å². The molecule has 8 heteroatoms. The topological polar surface area (TPSA) is 55.7 Å². The zero-order valence-corrected chi connectivity index (χ0v) is 15.3. The molecule has 2 heterocycles. The highest BCUT2D eigenvalue weighted by atomic mass is 35.5. The van der Waals surface area contributed by atoms with E-state index in [4.69, 9.17) is 27.9 Å². The number of carbonyl (C=O) groups is 1. The van der Waals surface area contributed by atoms with E-state index >= 15 is 0 Å². The average Bonchev–Trinajstić information content (AvgIpc) is 2.99. The number of carbonyl (C=O) groups excluding carboxylic acids is 1. The summed E-state index contributed by atoms with van der Waals surface area (Å²) >= 11 is 13.8. The fraction of sp³-hybridized carbons (Fsp3) is 0.375. The molecule has 24 heavy (non-hydrogen) atoms. The van der Waals surface area contributed by atoms with Crippen molar-refractivity contribution >= 4 is 45.6 Å². The van der Waals surface area contributed by atoms with Gasteiger partial charge in [0.05, 0.1) is 13.2 Å². The number of quaternary nitrogens is 1. The first-order valence-corrected chi connectivity index (χ1v) is 9.28. The number of hydrogen-bond donors (Lipinski definition) is 2. The zero-order valence-electron chi connectivity index (χ0n) is 13.0. The Bertz CT molecular complexity index is 697. The van der Waals surface area contributed by atoms with Gasteiger partial charge in [-0.3, -0.25) is 10.1 Å². The molecule has 1 saturated heterocycles. The van der Waals surface area contributed by atoms with Crippen molar-refractivity contribution in [2.75, 3.05) is 38.2 Å². The number of amides is 1. The van der Waals surface area contributed by atoms with E-state index in [-0.39, 0.29) is 5.91 Å². The summed E-state index contributed by atoms with van der Waals surface area (Å²) in [4.78, 5) is 18.6. The fourth-order valence-electron chi connectivity index (χ4n) is 2.55. The summed E-state index contributed by atoms with van der Waals surface area (Å²) in [6, 6.07) is 5.45. The lowest BCUT2D eigenvalue weighted by Crippen LogP contribution is -3.15. The van der Waals surface area contributed by atoms with Crippen molar-refractivity contribution < 1.29 is 14.4 Å². The Morgan fingerprint density at radius 2 is 2.00 bits per heavy atom. The molecule has 1 aliphatic heterocycles. The SMILES string of the molecule is O=C(C[NH+]1CCOCC1)Nc1ncc(Cc2c(Cl)cccc2Cl)s1. The van der Waals surface area contributed by atoms with Crippen LogP contribution in [0.3, 0.4) is 0 Å². The van der Waals surface area contributed by atoms with E-state index in [1.54, 1.807) is 6.20 Å². The van der Waals surface area contributed by atoms with Gasteiger partial charge < -0.3 is 9.64 Å². The highest BCUT2D eigenvalue weighted by molar-refractivity contribution is 7.15. The molecule has 0 atom stereocenters. The minimum absolute atomic E-state index is 0.0245. The van der Waals surface area contributed by atoms with Crippen LogP contribution in [0.2, 0.25) is 10.0 Å². The van der Waals surface area contributed by atoms with Gasteiger partial charge in [-0.25, -0.2) is 4.98 Å². The second-order valence-corrected chi connectivity index (χ2v) is 7.53. The molecule has 1 aromatic carbocycles. The molecule has 0 unspecified atom stereocenters. The van der Waals surface area contributed by atoms with Crippen molar-refractivity contribution in [2.24, 2.45) is 0 Å². The standard InChI is InChI=1S/C16H17Cl2N3O2S/c17-13-2-1-3-14(18)12(13)8-11-9-19-16(24-11)20-15(22)10-21-4-6-23-7-5-21/h1-3,9H,4-8,10H2,(H,19,20,22)/p+1. The van der Waals surface area contributed by atoms with Gasteiger partial charge in [0, 0.05) is 27.5 Å². The minimum atomic E-state index is -0.0245. The Morgan fingerprint density at radius 3 is 2.71 bits per heavy atom.